The number of sulfonamides is 1. The third kappa shape index (κ3) is 6.14. The molecule has 0 saturated heterocycles. The topological polar surface area (TPSA) is 146 Å². The minimum absolute atomic E-state index is 0.0160. The molecule has 0 bridgehead atoms. The number of benzene rings is 1. The molecular formula is C25H34N6O4S. The zero-order valence-electron chi connectivity index (χ0n) is 20.7. The smallest absolute Gasteiger partial charge is 0.254 e. The number of aryl methyl sites for hydroxylation is 1. The third-order valence-electron chi connectivity index (χ3n) is 6.51. The van der Waals surface area contributed by atoms with Crippen molar-refractivity contribution >= 4 is 33.4 Å². The van der Waals surface area contributed by atoms with Gasteiger partial charge in [-0.1, -0.05) is 31.4 Å². The average molecular weight is 515 g/mol. The summed E-state index contributed by atoms with van der Waals surface area (Å²) in [5.74, 6) is -0.639. The largest absolute Gasteiger partial charge is 0.365 e. The molecule has 0 aromatic heterocycles. The summed E-state index contributed by atoms with van der Waals surface area (Å²) in [6, 6.07) is 7.51. The van der Waals surface area contributed by atoms with Gasteiger partial charge in [0.15, 0.2) is 6.17 Å². The minimum atomic E-state index is -3.32. The predicted molar refractivity (Wildman–Crippen MR) is 139 cm³/mol. The van der Waals surface area contributed by atoms with Crippen LogP contribution in [0, 0.1) is 0 Å². The number of hydrogen-bond acceptors (Lipinski definition) is 8. The summed E-state index contributed by atoms with van der Waals surface area (Å²) < 4.78 is 26.7. The molecule has 1 atom stereocenters. The highest BCUT2D eigenvalue weighted by Gasteiger charge is 2.39. The molecule has 2 heterocycles. The van der Waals surface area contributed by atoms with Gasteiger partial charge in [-0.25, -0.2) is 18.1 Å². The fourth-order valence-electron chi connectivity index (χ4n) is 4.78. The van der Waals surface area contributed by atoms with Crippen molar-refractivity contribution in [1.29, 1.82) is 0 Å². The lowest BCUT2D eigenvalue weighted by Gasteiger charge is -2.42. The molecule has 0 radical (unpaired) electrons. The van der Waals surface area contributed by atoms with Crippen LogP contribution in [0.25, 0.3) is 0 Å². The molecule has 1 amide bonds. The van der Waals surface area contributed by atoms with E-state index in [1.807, 2.05) is 29.2 Å². The van der Waals surface area contributed by atoms with Gasteiger partial charge in [-0.2, -0.15) is 0 Å². The maximum Gasteiger partial charge on any atom is 0.254 e. The van der Waals surface area contributed by atoms with Crippen LogP contribution in [-0.2, 0) is 26.0 Å². The van der Waals surface area contributed by atoms with Gasteiger partial charge in [0, 0.05) is 30.2 Å². The Morgan fingerprint density at radius 1 is 1.19 bits per heavy atom. The molecule has 1 aromatic carbocycles. The van der Waals surface area contributed by atoms with E-state index >= 15 is 0 Å². The lowest BCUT2D eigenvalue weighted by molar-refractivity contribution is -0.120. The number of primary amides is 1. The Morgan fingerprint density at radius 2 is 1.89 bits per heavy atom. The first kappa shape index (κ1) is 25.9. The summed E-state index contributed by atoms with van der Waals surface area (Å²) in [5.41, 5.74) is 7.54. The number of amides is 1. The first-order valence-corrected chi connectivity index (χ1v) is 14.0. The summed E-state index contributed by atoms with van der Waals surface area (Å²) in [7, 11) is -3.32. The molecule has 1 aromatic rings. The van der Waals surface area contributed by atoms with Crippen LogP contribution in [0.4, 0.5) is 5.69 Å². The Balaban J connectivity index is 1.47. The summed E-state index contributed by atoms with van der Waals surface area (Å²) in [5, 5.41) is 6.25. The Labute approximate surface area is 212 Å². The van der Waals surface area contributed by atoms with Crippen molar-refractivity contribution in [2.45, 2.75) is 70.6 Å². The lowest BCUT2D eigenvalue weighted by Crippen LogP contribution is -2.50. The van der Waals surface area contributed by atoms with Gasteiger partial charge in [0.25, 0.3) is 5.91 Å². The van der Waals surface area contributed by atoms with Crippen molar-refractivity contribution in [1.82, 2.24) is 14.9 Å². The van der Waals surface area contributed by atoms with Gasteiger partial charge < -0.3 is 21.3 Å². The zero-order valence-corrected chi connectivity index (χ0v) is 21.5. The van der Waals surface area contributed by atoms with E-state index in [1.54, 1.807) is 26.2 Å². The van der Waals surface area contributed by atoms with E-state index in [1.165, 1.54) is 6.42 Å². The molecule has 1 unspecified atom stereocenters. The van der Waals surface area contributed by atoms with Crippen LogP contribution in [0.1, 0.15) is 51.5 Å². The number of fused-ring (bicyclic) bond motifs is 1. The maximum absolute atomic E-state index is 12.9. The number of nitrogens with zero attached hydrogens (tertiary/aromatic N) is 2. The Bertz CT molecular complexity index is 1200. The van der Waals surface area contributed by atoms with Gasteiger partial charge >= 0.3 is 0 Å². The van der Waals surface area contributed by atoms with E-state index in [0.29, 0.717) is 18.0 Å². The van der Waals surface area contributed by atoms with Crippen molar-refractivity contribution in [3.05, 3.63) is 53.4 Å². The summed E-state index contributed by atoms with van der Waals surface area (Å²) in [4.78, 5) is 31.6. The second kappa shape index (κ2) is 10.8. The Kier molecular flexibility index (Phi) is 7.79. The molecule has 36 heavy (non-hydrogen) atoms. The average Bonchev–Trinajstić information content (AvgIpc) is 2.83. The van der Waals surface area contributed by atoms with E-state index in [0.717, 1.165) is 36.9 Å². The molecular weight excluding hydrogens is 480 g/mol. The SMILES string of the molecule is CC(C)NS(=O)(=O)CCc1ccc(NC2=NC3C(=CN2)C(=O)C(C(N)=O)=CN3C2CCCCC2)cc1. The van der Waals surface area contributed by atoms with E-state index < -0.39 is 27.9 Å². The van der Waals surface area contributed by atoms with Gasteiger partial charge in [0.05, 0.1) is 11.3 Å². The molecule has 4 rings (SSSR count). The van der Waals surface area contributed by atoms with Crippen LogP contribution in [-0.4, -0.2) is 55.0 Å². The third-order valence-corrected chi connectivity index (χ3v) is 8.09. The number of anilines is 1. The van der Waals surface area contributed by atoms with Crippen LogP contribution < -0.4 is 21.1 Å². The zero-order chi connectivity index (χ0) is 25.9. The summed E-state index contributed by atoms with van der Waals surface area (Å²) in [6.45, 7) is 3.59. The van der Waals surface area contributed by atoms with Crippen LogP contribution >= 0.6 is 0 Å². The van der Waals surface area contributed by atoms with E-state index in [4.69, 9.17) is 10.7 Å². The normalized spacial score (nSPS) is 20.8. The quantitative estimate of drug-likeness (QED) is 0.386. The number of carbonyl (C=O) groups is 2. The standard InChI is InChI=1S/C25H34N6O4S/c1-16(2)30-36(34,35)13-12-17-8-10-18(11-9-17)28-25-27-14-20-22(32)21(23(26)33)15-31(24(20)29-25)19-6-4-3-5-7-19/h8-11,14-16,19,24,30H,3-7,12-13H2,1-2H3,(H2,26,33)(H2,27,28,29). The van der Waals surface area contributed by atoms with Crippen molar-refractivity contribution in [3.63, 3.8) is 0 Å². The first-order chi connectivity index (χ1) is 17.1. The number of ketones is 1. The van der Waals surface area contributed by atoms with Crippen molar-refractivity contribution in [3.8, 4) is 0 Å². The molecule has 1 fully saturated rings. The molecule has 11 heteroatoms. The molecule has 2 aliphatic heterocycles. The lowest BCUT2D eigenvalue weighted by atomic mass is 9.90. The van der Waals surface area contributed by atoms with Gasteiger partial charge in [-0.3, -0.25) is 9.59 Å². The van der Waals surface area contributed by atoms with Gasteiger partial charge in [0.2, 0.25) is 21.8 Å². The number of nitrogens with one attached hydrogen (secondary N) is 3. The summed E-state index contributed by atoms with van der Waals surface area (Å²) in [6.07, 6.45) is 8.35. The molecule has 1 aliphatic carbocycles. The molecule has 194 valence electrons. The fraction of sp³-hybridized carbons (Fsp3) is 0.480. The Hall–Kier alpha value is -3.18. The molecule has 0 spiro atoms. The fourth-order valence-corrected chi connectivity index (χ4v) is 6.12. The molecule has 1 saturated carbocycles. The molecule has 5 N–H and O–H groups in total. The van der Waals surface area contributed by atoms with Crippen LogP contribution in [0.3, 0.4) is 0 Å². The van der Waals surface area contributed by atoms with Crippen LogP contribution in [0.5, 0.6) is 0 Å². The number of carbonyl (C=O) groups excluding carboxylic acids is 2. The maximum atomic E-state index is 12.9. The number of nitrogens with two attached hydrogens (primary N) is 1. The highest BCUT2D eigenvalue weighted by Crippen LogP contribution is 2.32. The summed E-state index contributed by atoms with van der Waals surface area (Å²) >= 11 is 0. The monoisotopic (exact) mass is 514 g/mol. The highest BCUT2D eigenvalue weighted by atomic mass is 32.2. The number of Topliss-reactive ketones (excluding diaryl/α,β-unsaturated/α-hetero) is 1. The molecule has 3 aliphatic rings. The van der Waals surface area contributed by atoms with E-state index in [-0.39, 0.29) is 23.4 Å². The van der Waals surface area contributed by atoms with Gasteiger partial charge in [-0.15, -0.1) is 0 Å². The first-order valence-electron chi connectivity index (χ1n) is 12.4. The van der Waals surface area contributed by atoms with E-state index in [2.05, 4.69) is 15.4 Å². The van der Waals surface area contributed by atoms with Crippen LogP contribution in [0.2, 0.25) is 0 Å². The predicted octanol–water partition coefficient (Wildman–Crippen LogP) is 1.72. The van der Waals surface area contributed by atoms with Gasteiger partial charge in [-0.05, 0) is 50.8 Å². The van der Waals surface area contributed by atoms with Crippen molar-refractivity contribution in [2.24, 2.45) is 10.7 Å². The van der Waals surface area contributed by atoms with E-state index in [9.17, 15) is 18.0 Å². The Morgan fingerprint density at radius 3 is 2.53 bits per heavy atom. The number of hydrogen-bond donors (Lipinski definition) is 4. The minimum Gasteiger partial charge on any atom is -0.365 e. The van der Waals surface area contributed by atoms with Gasteiger partial charge in [0.1, 0.15) is 5.57 Å². The second-order valence-electron chi connectivity index (χ2n) is 9.73. The van der Waals surface area contributed by atoms with Crippen molar-refractivity contribution < 1.29 is 18.0 Å². The highest BCUT2D eigenvalue weighted by molar-refractivity contribution is 7.89. The molecule has 10 nitrogen and oxygen atoms in total. The number of aliphatic imine (C=N–C) groups is 1. The van der Waals surface area contributed by atoms with Crippen molar-refractivity contribution in [2.75, 3.05) is 11.1 Å². The second-order valence-corrected chi connectivity index (χ2v) is 11.6. The number of rotatable bonds is 8. The number of guanidine groups is 1. The van der Waals surface area contributed by atoms with Crippen LogP contribution in [0.15, 0.2) is 52.8 Å².